The van der Waals surface area contributed by atoms with Crippen molar-refractivity contribution < 1.29 is 4.74 Å². The zero-order valence-electron chi connectivity index (χ0n) is 10.0. The van der Waals surface area contributed by atoms with Crippen LogP contribution < -0.4 is 10.5 Å². The highest BCUT2D eigenvalue weighted by Gasteiger charge is 2.04. The van der Waals surface area contributed by atoms with Gasteiger partial charge in [-0.15, -0.1) is 12.4 Å². The Kier molecular flexibility index (Phi) is 5.48. The average molecular weight is 284 g/mol. The standard InChI is InChI=1S/C14H14ClNO.ClH/c1-10-13(15)3-2-4-14(10)17-12-7-5-11(9-16)6-8-12;/h2-8H,9,16H2,1H3;1H. The molecular formula is C14H15Cl2NO. The molecule has 18 heavy (non-hydrogen) atoms. The van der Waals surface area contributed by atoms with E-state index in [0.29, 0.717) is 11.6 Å². The molecule has 96 valence electrons. The number of halogens is 2. The number of ether oxygens (including phenoxy) is 1. The summed E-state index contributed by atoms with van der Waals surface area (Å²) in [6.07, 6.45) is 0. The number of hydrogen-bond donors (Lipinski definition) is 1. The van der Waals surface area contributed by atoms with Crippen molar-refractivity contribution in [2.75, 3.05) is 0 Å². The molecule has 0 aliphatic rings. The molecule has 2 rings (SSSR count). The topological polar surface area (TPSA) is 35.2 Å². The van der Waals surface area contributed by atoms with Crippen LogP contribution in [0.3, 0.4) is 0 Å². The van der Waals surface area contributed by atoms with E-state index in [-0.39, 0.29) is 12.4 Å². The molecule has 4 heteroatoms. The first-order valence-corrected chi connectivity index (χ1v) is 5.80. The minimum atomic E-state index is 0. The van der Waals surface area contributed by atoms with Gasteiger partial charge >= 0.3 is 0 Å². The lowest BCUT2D eigenvalue weighted by Gasteiger charge is -2.09. The van der Waals surface area contributed by atoms with Crippen molar-refractivity contribution in [1.29, 1.82) is 0 Å². The van der Waals surface area contributed by atoms with E-state index in [4.69, 9.17) is 22.1 Å². The summed E-state index contributed by atoms with van der Waals surface area (Å²) in [5, 5.41) is 0.709. The van der Waals surface area contributed by atoms with Crippen LogP contribution in [-0.2, 0) is 6.54 Å². The highest BCUT2D eigenvalue weighted by molar-refractivity contribution is 6.31. The van der Waals surface area contributed by atoms with Gasteiger partial charge in [0.05, 0.1) is 0 Å². The Morgan fingerprint density at radius 1 is 1.11 bits per heavy atom. The summed E-state index contributed by atoms with van der Waals surface area (Å²) in [5.41, 5.74) is 7.56. The van der Waals surface area contributed by atoms with Crippen molar-refractivity contribution in [3.05, 3.63) is 58.6 Å². The van der Waals surface area contributed by atoms with E-state index in [9.17, 15) is 0 Å². The second-order valence-corrected chi connectivity index (χ2v) is 4.22. The van der Waals surface area contributed by atoms with Crippen LogP contribution in [0.1, 0.15) is 11.1 Å². The molecule has 0 aliphatic carbocycles. The molecule has 0 spiro atoms. The van der Waals surface area contributed by atoms with Crippen LogP contribution in [0.2, 0.25) is 5.02 Å². The van der Waals surface area contributed by atoms with Crippen LogP contribution >= 0.6 is 24.0 Å². The zero-order chi connectivity index (χ0) is 12.3. The fraction of sp³-hybridized carbons (Fsp3) is 0.143. The van der Waals surface area contributed by atoms with Gasteiger partial charge in [0, 0.05) is 17.1 Å². The van der Waals surface area contributed by atoms with Crippen LogP contribution in [0.4, 0.5) is 0 Å². The predicted molar refractivity (Wildman–Crippen MR) is 77.8 cm³/mol. The molecule has 0 radical (unpaired) electrons. The largest absolute Gasteiger partial charge is 0.457 e. The number of benzene rings is 2. The summed E-state index contributed by atoms with van der Waals surface area (Å²) in [4.78, 5) is 0. The first kappa shape index (κ1) is 14.8. The second kappa shape index (κ2) is 6.64. The van der Waals surface area contributed by atoms with E-state index in [2.05, 4.69) is 0 Å². The smallest absolute Gasteiger partial charge is 0.131 e. The monoisotopic (exact) mass is 283 g/mol. The van der Waals surface area contributed by atoms with Gasteiger partial charge in [-0.05, 0) is 36.8 Å². The third-order valence-electron chi connectivity index (χ3n) is 2.60. The Morgan fingerprint density at radius 2 is 1.78 bits per heavy atom. The molecule has 0 saturated carbocycles. The number of hydrogen-bond acceptors (Lipinski definition) is 2. The third kappa shape index (κ3) is 3.39. The van der Waals surface area contributed by atoms with Crippen LogP contribution in [0, 0.1) is 6.92 Å². The Hall–Kier alpha value is -1.22. The minimum Gasteiger partial charge on any atom is -0.457 e. The summed E-state index contributed by atoms with van der Waals surface area (Å²) in [6, 6.07) is 13.3. The van der Waals surface area contributed by atoms with Crippen LogP contribution in [0.15, 0.2) is 42.5 Å². The van der Waals surface area contributed by atoms with Gasteiger partial charge in [0.1, 0.15) is 11.5 Å². The lowest BCUT2D eigenvalue weighted by atomic mass is 10.2. The maximum atomic E-state index is 6.03. The van der Waals surface area contributed by atoms with Crippen LogP contribution in [0.5, 0.6) is 11.5 Å². The first-order valence-electron chi connectivity index (χ1n) is 5.42. The highest BCUT2D eigenvalue weighted by atomic mass is 35.5. The summed E-state index contributed by atoms with van der Waals surface area (Å²) in [6.45, 7) is 2.47. The summed E-state index contributed by atoms with van der Waals surface area (Å²) in [7, 11) is 0. The normalized spacial score (nSPS) is 9.72. The fourth-order valence-corrected chi connectivity index (χ4v) is 1.68. The van der Waals surface area contributed by atoms with Gasteiger partial charge in [-0.2, -0.15) is 0 Å². The molecular weight excluding hydrogens is 269 g/mol. The summed E-state index contributed by atoms with van der Waals surface area (Å²) < 4.78 is 5.76. The first-order chi connectivity index (χ1) is 8.20. The van der Waals surface area contributed by atoms with Crippen molar-refractivity contribution >= 4 is 24.0 Å². The zero-order valence-corrected chi connectivity index (χ0v) is 11.6. The molecule has 0 heterocycles. The molecule has 0 aliphatic heterocycles. The average Bonchev–Trinajstić information content (AvgIpc) is 2.36. The van der Waals surface area contributed by atoms with E-state index in [0.717, 1.165) is 22.6 Å². The van der Waals surface area contributed by atoms with Gasteiger partial charge in [-0.1, -0.05) is 29.8 Å². The quantitative estimate of drug-likeness (QED) is 0.910. The van der Waals surface area contributed by atoms with Gasteiger partial charge in [-0.3, -0.25) is 0 Å². The summed E-state index contributed by atoms with van der Waals surface area (Å²) >= 11 is 6.03. The van der Waals surface area contributed by atoms with E-state index in [1.807, 2.05) is 49.4 Å². The van der Waals surface area contributed by atoms with E-state index < -0.39 is 0 Å². The molecule has 0 atom stereocenters. The van der Waals surface area contributed by atoms with Gasteiger partial charge < -0.3 is 10.5 Å². The second-order valence-electron chi connectivity index (χ2n) is 3.81. The van der Waals surface area contributed by atoms with Gasteiger partial charge in [-0.25, -0.2) is 0 Å². The van der Waals surface area contributed by atoms with Crippen molar-refractivity contribution in [1.82, 2.24) is 0 Å². The van der Waals surface area contributed by atoms with Crippen molar-refractivity contribution in [3.8, 4) is 11.5 Å². The Bertz CT molecular complexity index is 512. The molecule has 2 aromatic rings. The molecule has 0 aromatic heterocycles. The van der Waals surface area contributed by atoms with E-state index in [1.165, 1.54) is 0 Å². The summed E-state index contributed by atoms with van der Waals surface area (Å²) in [5.74, 6) is 1.56. The van der Waals surface area contributed by atoms with Crippen molar-refractivity contribution in [2.45, 2.75) is 13.5 Å². The van der Waals surface area contributed by atoms with Gasteiger partial charge in [0.25, 0.3) is 0 Å². The number of rotatable bonds is 3. The van der Waals surface area contributed by atoms with Crippen molar-refractivity contribution in [3.63, 3.8) is 0 Å². The van der Waals surface area contributed by atoms with E-state index in [1.54, 1.807) is 0 Å². The highest BCUT2D eigenvalue weighted by Crippen LogP contribution is 2.29. The predicted octanol–water partition coefficient (Wildman–Crippen LogP) is 4.32. The fourth-order valence-electron chi connectivity index (χ4n) is 1.52. The molecule has 2 nitrogen and oxygen atoms in total. The molecule has 0 amide bonds. The molecule has 2 N–H and O–H groups in total. The van der Waals surface area contributed by atoms with Gasteiger partial charge in [0.2, 0.25) is 0 Å². The Morgan fingerprint density at radius 3 is 2.39 bits per heavy atom. The Labute approximate surface area is 118 Å². The van der Waals surface area contributed by atoms with Crippen LogP contribution in [0.25, 0.3) is 0 Å². The molecule has 0 saturated heterocycles. The molecule has 0 fully saturated rings. The minimum absolute atomic E-state index is 0. The van der Waals surface area contributed by atoms with Crippen LogP contribution in [-0.4, -0.2) is 0 Å². The lowest BCUT2D eigenvalue weighted by Crippen LogP contribution is -1.95. The molecule has 2 aromatic carbocycles. The maximum absolute atomic E-state index is 6.03. The molecule has 0 bridgehead atoms. The number of nitrogens with two attached hydrogens (primary N) is 1. The maximum Gasteiger partial charge on any atom is 0.131 e. The van der Waals surface area contributed by atoms with Gasteiger partial charge in [0.15, 0.2) is 0 Å². The SMILES string of the molecule is Cc1c(Cl)cccc1Oc1ccc(CN)cc1.Cl. The molecule has 0 unspecified atom stereocenters. The third-order valence-corrected chi connectivity index (χ3v) is 3.01. The van der Waals surface area contributed by atoms with E-state index >= 15 is 0 Å². The Balaban J connectivity index is 0.00000162. The van der Waals surface area contributed by atoms with Crippen molar-refractivity contribution in [2.24, 2.45) is 5.73 Å². The lowest BCUT2D eigenvalue weighted by molar-refractivity contribution is 0.479.